The van der Waals surface area contributed by atoms with Crippen molar-refractivity contribution in [1.82, 2.24) is 0 Å². The van der Waals surface area contributed by atoms with Crippen LogP contribution in [-0.2, 0) is 6.42 Å². The second-order valence-corrected chi connectivity index (χ2v) is 6.14. The van der Waals surface area contributed by atoms with E-state index in [1.54, 1.807) is 0 Å². The van der Waals surface area contributed by atoms with Crippen molar-refractivity contribution in [2.24, 2.45) is 17.6 Å². The van der Waals surface area contributed by atoms with Gasteiger partial charge in [0, 0.05) is 10.5 Å². The fraction of sp³-hybridized carbons (Fsp3) is 0.571. The number of nitrogens with two attached hydrogens (primary N) is 1. The first-order valence-corrected chi connectivity index (χ1v) is 7.05. The molecule has 17 heavy (non-hydrogen) atoms. The quantitative estimate of drug-likeness (QED) is 0.900. The minimum Gasteiger partial charge on any atom is -0.327 e. The van der Waals surface area contributed by atoms with Crippen LogP contribution >= 0.6 is 15.9 Å². The molecule has 1 aromatic rings. The first-order chi connectivity index (χ1) is 8.06. The van der Waals surface area contributed by atoms with Crippen LogP contribution in [0.5, 0.6) is 0 Å². The third-order valence-corrected chi connectivity index (χ3v) is 4.55. The van der Waals surface area contributed by atoms with E-state index in [4.69, 9.17) is 5.73 Å². The van der Waals surface area contributed by atoms with E-state index < -0.39 is 0 Å². The van der Waals surface area contributed by atoms with E-state index in [-0.39, 0.29) is 11.9 Å². The van der Waals surface area contributed by atoms with Crippen molar-refractivity contribution in [2.45, 2.75) is 38.6 Å². The number of hydrogen-bond acceptors (Lipinski definition) is 1. The molecule has 0 spiro atoms. The van der Waals surface area contributed by atoms with Crippen LogP contribution in [0.25, 0.3) is 0 Å². The van der Waals surface area contributed by atoms with Crippen LogP contribution in [0.2, 0.25) is 0 Å². The normalized spacial score (nSPS) is 26.1. The lowest BCUT2D eigenvalue weighted by Gasteiger charge is -2.19. The maximum atomic E-state index is 13.0. The van der Waals surface area contributed by atoms with E-state index >= 15 is 0 Å². The molecule has 1 aliphatic rings. The summed E-state index contributed by atoms with van der Waals surface area (Å²) in [6.07, 6.45) is 4.60. The first-order valence-electron chi connectivity index (χ1n) is 6.25. The molecule has 94 valence electrons. The monoisotopic (exact) mass is 299 g/mol. The molecule has 0 amide bonds. The first kappa shape index (κ1) is 13.0. The van der Waals surface area contributed by atoms with Crippen LogP contribution in [0, 0.1) is 17.7 Å². The average Bonchev–Trinajstić information content (AvgIpc) is 2.69. The summed E-state index contributed by atoms with van der Waals surface area (Å²) in [6, 6.07) is 5.04. The average molecular weight is 300 g/mol. The fourth-order valence-corrected chi connectivity index (χ4v) is 3.26. The van der Waals surface area contributed by atoms with Crippen molar-refractivity contribution in [2.75, 3.05) is 0 Å². The summed E-state index contributed by atoms with van der Waals surface area (Å²) in [5.74, 6) is 1.23. The predicted molar refractivity (Wildman–Crippen MR) is 72.3 cm³/mol. The molecule has 1 saturated carbocycles. The summed E-state index contributed by atoms with van der Waals surface area (Å²) in [5.41, 5.74) is 7.38. The smallest absolute Gasteiger partial charge is 0.124 e. The molecule has 3 atom stereocenters. The lowest BCUT2D eigenvalue weighted by Crippen LogP contribution is -2.31. The van der Waals surface area contributed by atoms with Gasteiger partial charge in [0.2, 0.25) is 0 Å². The molecule has 0 bridgehead atoms. The van der Waals surface area contributed by atoms with E-state index in [1.165, 1.54) is 31.4 Å². The Bertz CT molecular complexity index is 394. The molecule has 1 fully saturated rings. The van der Waals surface area contributed by atoms with Gasteiger partial charge in [-0.2, -0.15) is 0 Å². The van der Waals surface area contributed by atoms with Crippen molar-refractivity contribution in [3.63, 3.8) is 0 Å². The molecule has 2 rings (SSSR count). The van der Waals surface area contributed by atoms with Crippen molar-refractivity contribution >= 4 is 15.9 Å². The van der Waals surface area contributed by atoms with Gasteiger partial charge in [-0.25, -0.2) is 4.39 Å². The van der Waals surface area contributed by atoms with Crippen LogP contribution in [0.3, 0.4) is 0 Å². The van der Waals surface area contributed by atoms with Gasteiger partial charge in [0.05, 0.1) is 0 Å². The van der Waals surface area contributed by atoms with Gasteiger partial charge in [0.1, 0.15) is 5.82 Å². The van der Waals surface area contributed by atoms with E-state index in [0.29, 0.717) is 5.92 Å². The molecule has 2 N–H and O–H groups in total. The molecule has 0 saturated heterocycles. The molecule has 1 aromatic carbocycles. The largest absolute Gasteiger partial charge is 0.327 e. The Hall–Kier alpha value is -0.410. The topological polar surface area (TPSA) is 26.0 Å². The standard InChI is InChI=1S/C14H19BrFN/c1-9-2-3-11(6-9)14(17)7-10-4-5-12(16)8-13(10)15/h4-5,8-9,11,14H,2-3,6-7,17H2,1H3. The number of hydrogen-bond donors (Lipinski definition) is 1. The third kappa shape index (κ3) is 3.29. The van der Waals surface area contributed by atoms with Gasteiger partial charge >= 0.3 is 0 Å². The molecule has 0 aromatic heterocycles. The highest BCUT2D eigenvalue weighted by Crippen LogP contribution is 2.33. The SMILES string of the molecule is CC1CCC(C(N)Cc2ccc(F)cc2Br)C1. The number of halogens is 2. The van der Waals surface area contributed by atoms with E-state index in [9.17, 15) is 4.39 Å². The van der Waals surface area contributed by atoms with Crippen LogP contribution in [0.1, 0.15) is 31.7 Å². The Morgan fingerprint density at radius 2 is 2.24 bits per heavy atom. The zero-order valence-electron chi connectivity index (χ0n) is 10.1. The lowest BCUT2D eigenvalue weighted by molar-refractivity contribution is 0.415. The zero-order chi connectivity index (χ0) is 12.4. The highest BCUT2D eigenvalue weighted by molar-refractivity contribution is 9.10. The second kappa shape index (κ2) is 5.49. The van der Waals surface area contributed by atoms with Crippen LogP contribution < -0.4 is 5.73 Å². The summed E-state index contributed by atoms with van der Waals surface area (Å²) in [6.45, 7) is 2.29. The highest BCUT2D eigenvalue weighted by Gasteiger charge is 2.26. The summed E-state index contributed by atoms with van der Waals surface area (Å²) in [4.78, 5) is 0. The molecular weight excluding hydrogens is 281 g/mol. The summed E-state index contributed by atoms with van der Waals surface area (Å²) < 4.78 is 13.8. The zero-order valence-corrected chi connectivity index (χ0v) is 11.7. The van der Waals surface area contributed by atoms with Gasteiger partial charge in [-0.3, -0.25) is 0 Å². The van der Waals surface area contributed by atoms with Crippen molar-refractivity contribution in [3.8, 4) is 0 Å². The van der Waals surface area contributed by atoms with Crippen molar-refractivity contribution in [3.05, 3.63) is 34.1 Å². The van der Waals surface area contributed by atoms with Gasteiger partial charge in [-0.05, 0) is 48.8 Å². The molecule has 3 unspecified atom stereocenters. The van der Waals surface area contributed by atoms with Gasteiger partial charge in [0.15, 0.2) is 0 Å². The molecule has 1 aliphatic carbocycles. The van der Waals surface area contributed by atoms with E-state index in [0.717, 1.165) is 22.4 Å². The molecule has 0 radical (unpaired) electrons. The lowest BCUT2D eigenvalue weighted by atomic mass is 9.92. The number of rotatable bonds is 3. The van der Waals surface area contributed by atoms with E-state index in [2.05, 4.69) is 22.9 Å². The van der Waals surface area contributed by atoms with Crippen molar-refractivity contribution < 1.29 is 4.39 Å². The van der Waals surface area contributed by atoms with Gasteiger partial charge in [-0.1, -0.05) is 35.3 Å². The minimum absolute atomic E-state index is 0.196. The number of benzene rings is 1. The van der Waals surface area contributed by atoms with E-state index in [1.807, 2.05) is 6.07 Å². The summed E-state index contributed by atoms with van der Waals surface area (Å²) in [7, 11) is 0. The minimum atomic E-state index is -0.205. The summed E-state index contributed by atoms with van der Waals surface area (Å²) >= 11 is 3.40. The predicted octanol–water partition coefficient (Wildman–Crippen LogP) is 3.89. The van der Waals surface area contributed by atoms with Crippen LogP contribution in [-0.4, -0.2) is 6.04 Å². The Kier molecular flexibility index (Phi) is 4.21. The molecular formula is C14H19BrFN. The highest BCUT2D eigenvalue weighted by atomic mass is 79.9. The van der Waals surface area contributed by atoms with Crippen LogP contribution in [0.4, 0.5) is 4.39 Å². The Morgan fingerprint density at radius 1 is 1.47 bits per heavy atom. The van der Waals surface area contributed by atoms with Gasteiger partial charge in [0.25, 0.3) is 0 Å². The Morgan fingerprint density at radius 3 is 2.82 bits per heavy atom. The van der Waals surface area contributed by atoms with Gasteiger partial charge in [-0.15, -0.1) is 0 Å². The third-order valence-electron chi connectivity index (χ3n) is 3.81. The Labute approximate surface area is 111 Å². The molecule has 1 nitrogen and oxygen atoms in total. The maximum absolute atomic E-state index is 13.0. The maximum Gasteiger partial charge on any atom is 0.124 e. The Balaban J connectivity index is 2.00. The summed E-state index contributed by atoms with van der Waals surface area (Å²) in [5, 5.41) is 0. The molecule has 0 heterocycles. The second-order valence-electron chi connectivity index (χ2n) is 5.28. The van der Waals surface area contributed by atoms with Gasteiger partial charge < -0.3 is 5.73 Å². The van der Waals surface area contributed by atoms with Crippen molar-refractivity contribution in [1.29, 1.82) is 0 Å². The molecule has 3 heteroatoms. The van der Waals surface area contributed by atoms with Crippen LogP contribution in [0.15, 0.2) is 22.7 Å². The molecule has 0 aliphatic heterocycles. The fourth-order valence-electron chi connectivity index (χ4n) is 2.75.